The summed E-state index contributed by atoms with van der Waals surface area (Å²) < 4.78 is 1.43. The third-order valence-electron chi connectivity index (χ3n) is 4.82. The molecule has 0 atom stereocenters. The highest BCUT2D eigenvalue weighted by molar-refractivity contribution is 5.91. The largest absolute Gasteiger partial charge is 0.356 e. The molecule has 0 unspecified atom stereocenters. The molecule has 2 amide bonds. The van der Waals surface area contributed by atoms with Crippen molar-refractivity contribution in [1.82, 2.24) is 14.9 Å². The van der Waals surface area contributed by atoms with Crippen molar-refractivity contribution >= 4 is 28.5 Å². The number of nitrogens with one attached hydrogen (secondary N) is 2. The van der Waals surface area contributed by atoms with Crippen molar-refractivity contribution in [2.45, 2.75) is 40.2 Å². The fraction of sp³-hybridized carbons (Fsp3) is 0.333. The summed E-state index contributed by atoms with van der Waals surface area (Å²) in [6, 6.07) is 14.7. The average Bonchev–Trinajstić information content (AvgIpc) is 2.73. The van der Waals surface area contributed by atoms with E-state index in [2.05, 4.69) is 15.6 Å². The number of hydrogen-bond acceptors (Lipinski definition) is 4. The number of aryl methyl sites for hydroxylation is 2. The summed E-state index contributed by atoms with van der Waals surface area (Å²) in [6.07, 6.45) is 0.385. The lowest BCUT2D eigenvalue weighted by Crippen LogP contribution is -2.32. The number of carbonyl (C=O) groups is 2. The summed E-state index contributed by atoms with van der Waals surface area (Å²) in [5, 5.41) is 5.68. The van der Waals surface area contributed by atoms with Gasteiger partial charge in [-0.05, 0) is 42.7 Å². The van der Waals surface area contributed by atoms with E-state index < -0.39 is 0 Å². The monoisotopic (exact) mass is 420 g/mol. The molecule has 7 heteroatoms. The topological polar surface area (TPSA) is 93.1 Å². The Balaban J connectivity index is 1.82. The third-order valence-corrected chi connectivity index (χ3v) is 4.82. The number of anilines is 1. The van der Waals surface area contributed by atoms with Gasteiger partial charge in [-0.25, -0.2) is 4.98 Å². The molecule has 0 spiro atoms. The molecule has 0 aliphatic rings. The number of nitrogens with zero attached hydrogens (tertiary/aromatic N) is 2. The fourth-order valence-corrected chi connectivity index (χ4v) is 3.27. The van der Waals surface area contributed by atoms with Crippen LogP contribution in [0.1, 0.15) is 31.5 Å². The van der Waals surface area contributed by atoms with E-state index in [0.29, 0.717) is 29.2 Å². The van der Waals surface area contributed by atoms with Crippen LogP contribution in [0, 0.1) is 12.8 Å². The molecule has 0 saturated carbocycles. The molecule has 0 bridgehead atoms. The van der Waals surface area contributed by atoms with Gasteiger partial charge in [0.25, 0.3) is 5.56 Å². The van der Waals surface area contributed by atoms with E-state index in [1.807, 2.05) is 45.0 Å². The molecule has 1 aromatic heterocycles. The Hall–Kier alpha value is -3.48. The Labute approximate surface area is 181 Å². The van der Waals surface area contributed by atoms with Crippen molar-refractivity contribution in [1.29, 1.82) is 0 Å². The highest BCUT2D eigenvalue weighted by Crippen LogP contribution is 2.13. The minimum atomic E-state index is -0.352. The lowest BCUT2D eigenvalue weighted by Gasteiger charge is -2.13. The lowest BCUT2D eigenvalue weighted by molar-refractivity contribution is -0.121. The number of hydrogen-bond donors (Lipinski definition) is 2. The molecule has 0 saturated heterocycles. The summed E-state index contributed by atoms with van der Waals surface area (Å²) in [5.41, 5.74) is 2.83. The highest BCUT2D eigenvalue weighted by atomic mass is 16.2. The normalized spacial score (nSPS) is 11.0. The Kier molecular flexibility index (Phi) is 7.18. The Morgan fingerprint density at radius 1 is 1.06 bits per heavy atom. The van der Waals surface area contributed by atoms with Crippen LogP contribution >= 0.6 is 0 Å². The zero-order chi connectivity index (χ0) is 22.4. The van der Waals surface area contributed by atoms with Crippen LogP contribution in [0.15, 0.2) is 53.3 Å². The molecule has 0 radical (unpaired) electrons. The van der Waals surface area contributed by atoms with Gasteiger partial charge < -0.3 is 10.6 Å². The fourth-order valence-electron chi connectivity index (χ4n) is 3.27. The minimum Gasteiger partial charge on any atom is -0.356 e. The van der Waals surface area contributed by atoms with Gasteiger partial charge in [-0.2, -0.15) is 0 Å². The van der Waals surface area contributed by atoms with Gasteiger partial charge in [0.15, 0.2) is 0 Å². The van der Waals surface area contributed by atoms with Gasteiger partial charge in [0, 0.05) is 25.1 Å². The molecule has 2 N–H and O–H groups in total. The second-order valence-corrected chi connectivity index (χ2v) is 8.05. The van der Waals surface area contributed by atoms with Crippen molar-refractivity contribution < 1.29 is 9.59 Å². The Bertz CT molecular complexity index is 1150. The molecule has 31 heavy (non-hydrogen) atoms. The SMILES string of the molecule is Cc1cccc(NC(=O)Cn2c(=O)c(CCC(=O)NCC(C)C)nc3ccccc32)c1. The van der Waals surface area contributed by atoms with Gasteiger partial charge in [0.1, 0.15) is 12.2 Å². The highest BCUT2D eigenvalue weighted by Gasteiger charge is 2.15. The number of benzene rings is 2. The van der Waals surface area contributed by atoms with Gasteiger partial charge in [-0.3, -0.25) is 19.0 Å². The van der Waals surface area contributed by atoms with E-state index in [1.54, 1.807) is 24.3 Å². The van der Waals surface area contributed by atoms with Gasteiger partial charge >= 0.3 is 0 Å². The first kappa shape index (κ1) is 22.2. The molecule has 0 aliphatic carbocycles. The van der Waals surface area contributed by atoms with Crippen LogP contribution in [0.25, 0.3) is 11.0 Å². The molecule has 0 aliphatic heterocycles. The third kappa shape index (κ3) is 6.01. The second kappa shape index (κ2) is 10.0. The number of aromatic nitrogens is 2. The van der Waals surface area contributed by atoms with Crippen LogP contribution < -0.4 is 16.2 Å². The smallest absolute Gasteiger partial charge is 0.273 e. The van der Waals surface area contributed by atoms with Crippen LogP contribution in [0.3, 0.4) is 0 Å². The lowest BCUT2D eigenvalue weighted by atomic mass is 10.2. The number of carbonyl (C=O) groups excluding carboxylic acids is 2. The average molecular weight is 421 g/mol. The molecule has 1 heterocycles. The van der Waals surface area contributed by atoms with Crippen LogP contribution in [0.4, 0.5) is 5.69 Å². The maximum Gasteiger partial charge on any atom is 0.273 e. The van der Waals surface area contributed by atoms with E-state index in [0.717, 1.165) is 5.56 Å². The molecule has 7 nitrogen and oxygen atoms in total. The summed E-state index contributed by atoms with van der Waals surface area (Å²) in [6.45, 7) is 6.44. The van der Waals surface area contributed by atoms with Gasteiger partial charge in [0.05, 0.1) is 11.0 Å². The van der Waals surface area contributed by atoms with Crippen molar-refractivity contribution in [2.75, 3.05) is 11.9 Å². The Morgan fingerprint density at radius 2 is 1.84 bits per heavy atom. The van der Waals surface area contributed by atoms with Crippen molar-refractivity contribution in [3.05, 3.63) is 70.1 Å². The zero-order valence-electron chi connectivity index (χ0n) is 18.1. The summed E-state index contributed by atoms with van der Waals surface area (Å²) in [5.74, 6) is -0.0663. The van der Waals surface area contributed by atoms with Gasteiger partial charge in [-0.15, -0.1) is 0 Å². The van der Waals surface area contributed by atoms with Crippen LogP contribution in [-0.4, -0.2) is 27.9 Å². The molecule has 162 valence electrons. The first-order valence-corrected chi connectivity index (χ1v) is 10.4. The predicted molar refractivity (Wildman–Crippen MR) is 122 cm³/mol. The van der Waals surface area contributed by atoms with Crippen LogP contribution in [0.5, 0.6) is 0 Å². The summed E-state index contributed by atoms with van der Waals surface area (Å²) in [4.78, 5) is 42.3. The molecular formula is C24H28N4O3. The number of amides is 2. The first-order valence-electron chi connectivity index (χ1n) is 10.4. The predicted octanol–water partition coefficient (Wildman–Crippen LogP) is 3.05. The van der Waals surface area contributed by atoms with E-state index in [1.165, 1.54) is 4.57 Å². The number of rotatable bonds is 8. The van der Waals surface area contributed by atoms with Gasteiger partial charge in [0.2, 0.25) is 11.8 Å². The van der Waals surface area contributed by atoms with Crippen molar-refractivity contribution in [3.63, 3.8) is 0 Å². The van der Waals surface area contributed by atoms with Crippen LogP contribution in [0.2, 0.25) is 0 Å². The maximum atomic E-state index is 13.1. The summed E-state index contributed by atoms with van der Waals surface area (Å²) in [7, 11) is 0. The van der Waals surface area contributed by atoms with Crippen molar-refractivity contribution in [2.24, 2.45) is 5.92 Å². The standard InChI is InChI=1S/C24H28N4O3/c1-16(2)14-25-22(29)12-11-20-24(31)28(21-10-5-4-9-19(21)27-20)15-23(30)26-18-8-6-7-17(3)13-18/h4-10,13,16H,11-12,14-15H2,1-3H3,(H,25,29)(H,26,30). The maximum absolute atomic E-state index is 13.1. The van der Waals surface area contributed by atoms with Crippen LogP contribution in [-0.2, 0) is 22.6 Å². The first-order chi connectivity index (χ1) is 14.8. The number of fused-ring (bicyclic) bond motifs is 1. The van der Waals surface area contributed by atoms with E-state index in [-0.39, 0.29) is 42.5 Å². The zero-order valence-corrected chi connectivity index (χ0v) is 18.1. The summed E-state index contributed by atoms with van der Waals surface area (Å²) >= 11 is 0. The molecule has 2 aromatic carbocycles. The molecule has 0 fully saturated rings. The Morgan fingerprint density at radius 3 is 2.58 bits per heavy atom. The van der Waals surface area contributed by atoms with E-state index in [4.69, 9.17) is 0 Å². The quantitative estimate of drug-likeness (QED) is 0.586. The van der Waals surface area contributed by atoms with Crippen molar-refractivity contribution in [3.8, 4) is 0 Å². The number of para-hydroxylation sites is 2. The molecular weight excluding hydrogens is 392 g/mol. The molecule has 3 aromatic rings. The van der Waals surface area contributed by atoms with Gasteiger partial charge in [-0.1, -0.05) is 38.1 Å². The minimum absolute atomic E-state index is 0.119. The second-order valence-electron chi connectivity index (χ2n) is 8.05. The molecule has 3 rings (SSSR count). The van der Waals surface area contributed by atoms with E-state index in [9.17, 15) is 14.4 Å². The van der Waals surface area contributed by atoms with E-state index >= 15 is 0 Å².